The minimum Gasteiger partial charge on any atom is -0.314 e. The predicted octanol–water partition coefficient (Wildman–Crippen LogP) is 3.91. The average Bonchev–Trinajstić information content (AvgIpc) is 2.29. The van der Waals surface area contributed by atoms with Gasteiger partial charge in [0.15, 0.2) is 0 Å². The van der Waals surface area contributed by atoms with Crippen LogP contribution >= 0.6 is 11.6 Å². The van der Waals surface area contributed by atoms with Gasteiger partial charge in [-0.05, 0) is 37.4 Å². The SMILES string of the molecule is CCC(C)CNC(C)Cc1ccccc1Cl. The average molecular weight is 240 g/mol. The number of rotatable bonds is 6. The third-order valence-corrected chi connectivity index (χ3v) is 3.36. The Morgan fingerprint density at radius 2 is 1.94 bits per heavy atom. The minimum atomic E-state index is 0.480. The van der Waals surface area contributed by atoms with Crippen molar-refractivity contribution >= 4 is 11.6 Å². The molecule has 1 rings (SSSR count). The monoisotopic (exact) mass is 239 g/mol. The van der Waals surface area contributed by atoms with Gasteiger partial charge in [0.05, 0.1) is 0 Å². The Kier molecular flexibility index (Phi) is 5.86. The normalized spacial score (nSPS) is 14.8. The van der Waals surface area contributed by atoms with E-state index >= 15 is 0 Å². The number of hydrogen-bond donors (Lipinski definition) is 1. The lowest BCUT2D eigenvalue weighted by molar-refractivity contribution is 0.451. The third-order valence-electron chi connectivity index (χ3n) is 3.00. The largest absolute Gasteiger partial charge is 0.314 e. The Balaban J connectivity index is 2.40. The molecular weight excluding hydrogens is 218 g/mol. The first-order valence-corrected chi connectivity index (χ1v) is 6.48. The number of hydrogen-bond acceptors (Lipinski definition) is 1. The third kappa shape index (κ3) is 4.54. The summed E-state index contributed by atoms with van der Waals surface area (Å²) in [7, 11) is 0. The summed E-state index contributed by atoms with van der Waals surface area (Å²) in [6.07, 6.45) is 2.22. The summed E-state index contributed by atoms with van der Waals surface area (Å²) < 4.78 is 0. The van der Waals surface area contributed by atoms with E-state index in [0.29, 0.717) is 6.04 Å². The molecule has 1 nitrogen and oxygen atoms in total. The van der Waals surface area contributed by atoms with Crippen LogP contribution in [0.4, 0.5) is 0 Å². The van der Waals surface area contributed by atoms with Gasteiger partial charge in [0.25, 0.3) is 0 Å². The Bertz CT molecular complexity index is 311. The molecule has 2 heteroatoms. The molecule has 0 radical (unpaired) electrons. The van der Waals surface area contributed by atoms with Gasteiger partial charge in [0.2, 0.25) is 0 Å². The van der Waals surface area contributed by atoms with Crippen LogP contribution < -0.4 is 5.32 Å². The number of benzene rings is 1. The highest BCUT2D eigenvalue weighted by Gasteiger charge is 2.07. The second-order valence-corrected chi connectivity index (χ2v) is 5.03. The molecule has 0 spiro atoms. The van der Waals surface area contributed by atoms with Crippen LogP contribution in [0.25, 0.3) is 0 Å². The first kappa shape index (κ1) is 13.5. The van der Waals surface area contributed by atoms with Gasteiger partial charge in [-0.2, -0.15) is 0 Å². The second-order valence-electron chi connectivity index (χ2n) is 4.62. The van der Waals surface area contributed by atoms with E-state index in [9.17, 15) is 0 Å². The molecule has 0 aliphatic rings. The number of halogens is 1. The fourth-order valence-electron chi connectivity index (χ4n) is 1.61. The minimum absolute atomic E-state index is 0.480. The van der Waals surface area contributed by atoms with E-state index in [1.54, 1.807) is 0 Å². The van der Waals surface area contributed by atoms with E-state index in [0.717, 1.165) is 23.9 Å². The van der Waals surface area contributed by atoms with Crippen molar-refractivity contribution in [3.8, 4) is 0 Å². The molecule has 0 saturated carbocycles. The fourth-order valence-corrected chi connectivity index (χ4v) is 1.83. The molecule has 16 heavy (non-hydrogen) atoms. The molecule has 0 aliphatic carbocycles. The van der Waals surface area contributed by atoms with Crippen molar-refractivity contribution in [1.82, 2.24) is 5.32 Å². The Hall–Kier alpha value is -0.530. The summed E-state index contributed by atoms with van der Waals surface area (Å²) in [5, 5.41) is 4.43. The molecule has 2 atom stereocenters. The van der Waals surface area contributed by atoms with Gasteiger partial charge in [-0.1, -0.05) is 50.1 Å². The molecule has 0 heterocycles. The summed E-state index contributed by atoms with van der Waals surface area (Å²) in [6, 6.07) is 8.56. The molecule has 1 aromatic rings. The van der Waals surface area contributed by atoms with Crippen molar-refractivity contribution in [3.05, 3.63) is 34.9 Å². The molecule has 0 aliphatic heterocycles. The highest BCUT2D eigenvalue weighted by molar-refractivity contribution is 6.31. The van der Waals surface area contributed by atoms with Crippen molar-refractivity contribution in [2.45, 2.75) is 39.7 Å². The van der Waals surface area contributed by atoms with Crippen molar-refractivity contribution < 1.29 is 0 Å². The molecule has 0 amide bonds. The quantitative estimate of drug-likeness (QED) is 0.794. The van der Waals surface area contributed by atoms with Gasteiger partial charge in [-0.25, -0.2) is 0 Å². The van der Waals surface area contributed by atoms with Crippen LogP contribution in [0.15, 0.2) is 24.3 Å². The zero-order chi connectivity index (χ0) is 12.0. The Labute approximate surface area is 104 Å². The summed E-state index contributed by atoms with van der Waals surface area (Å²) in [5.74, 6) is 0.744. The van der Waals surface area contributed by atoms with Crippen molar-refractivity contribution in [1.29, 1.82) is 0 Å². The topological polar surface area (TPSA) is 12.0 Å². The van der Waals surface area contributed by atoms with Crippen LogP contribution in [-0.4, -0.2) is 12.6 Å². The van der Waals surface area contributed by atoms with Crippen LogP contribution in [0, 0.1) is 5.92 Å². The van der Waals surface area contributed by atoms with Gasteiger partial charge in [-0.15, -0.1) is 0 Å². The Morgan fingerprint density at radius 1 is 1.25 bits per heavy atom. The van der Waals surface area contributed by atoms with Crippen LogP contribution in [0.2, 0.25) is 5.02 Å². The van der Waals surface area contributed by atoms with Crippen LogP contribution in [0.5, 0.6) is 0 Å². The maximum Gasteiger partial charge on any atom is 0.0438 e. The molecule has 2 unspecified atom stereocenters. The number of nitrogens with one attached hydrogen (secondary N) is 1. The molecule has 0 aromatic heterocycles. The highest BCUT2D eigenvalue weighted by Crippen LogP contribution is 2.16. The van der Waals surface area contributed by atoms with Gasteiger partial charge < -0.3 is 5.32 Å². The van der Waals surface area contributed by atoms with Crippen molar-refractivity contribution in [3.63, 3.8) is 0 Å². The van der Waals surface area contributed by atoms with Gasteiger partial charge >= 0.3 is 0 Å². The molecule has 90 valence electrons. The highest BCUT2D eigenvalue weighted by atomic mass is 35.5. The Morgan fingerprint density at radius 3 is 2.56 bits per heavy atom. The molecule has 0 fully saturated rings. The van der Waals surface area contributed by atoms with E-state index < -0.39 is 0 Å². The van der Waals surface area contributed by atoms with Gasteiger partial charge in [0, 0.05) is 11.1 Å². The fraction of sp³-hybridized carbons (Fsp3) is 0.571. The lowest BCUT2D eigenvalue weighted by Crippen LogP contribution is -2.31. The second kappa shape index (κ2) is 6.93. The molecular formula is C14H22ClN. The van der Waals surface area contributed by atoms with Crippen molar-refractivity contribution in [2.75, 3.05) is 6.54 Å². The van der Waals surface area contributed by atoms with E-state index in [-0.39, 0.29) is 0 Å². The van der Waals surface area contributed by atoms with E-state index in [1.165, 1.54) is 12.0 Å². The lowest BCUT2D eigenvalue weighted by atomic mass is 10.1. The zero-order valence-corrected chi connectivity index (χ0v) is 11.2. The van der Waals surface area contributed by atoms with E-state index in [4.69, 9.17) is 11.6 Å². The summed E-state index contributed by atoms with van der Waals surface area (Å²) >= 11 is 6.13. The van der Waals surface area contributed by atoms with E-state index in [1.807, 2.05) is 18.2 Å². The lowest BCUT2D eigenvalue weighted by Gasteiger charge is -2.17. The smallest absolute Gasteiger partial charge is 0.0438 e. The van der Waals surface area contributed by atoms with E-state index in [2.05, 4.69) is 32.2 Å². The summed E-state index contributed by atoms with van der Waals surface area (Å²) in [4.78, 5) is 0. The maximum atomic E-state index is 6.13. The maximum absolute atomic E-state index is 6.13. The summed E-state index contributed by atoms with van der Waals surface area (Å²) in [6.45, 7) is 7.80. The molecule has 1 aromatic carbocycles. The predicted molar refractivity (Wildman–Crippen MR) is 72.1 cm³/mol. The van der Waals surface area contributed by atoms with Crippen LogP contribution in [0.1, 0.15) is 32.8 Å². The zero-order valence-electron chi connectivity index (χ0n) is 10.5. The molecule has 0 saturated heterocycles. The van der Waals surface area contributed by atoms with Crippen molar-refractivity contribution in [2.24, 2.45) is 5.92 Å². The molecule has 0 bridgehead atoms. The first-order chi connectivity index (χ1) is 7.63. The summed E-state index contributed by atoms with van der Waals surface area (Å²) in [5.41, 5.74) is 1.23. The van der Waals surface area contributed by atoms with Crippen LogP contribution in [-0.2, 0) is 6.42 Å². The molecule has 1 N–H and O–H groups in total. The van der Waals surface area contributed by atoms with Crippen LogP contribution in [0.3, 0.4) is 0 Å². The first-order valence-electron chi connectivity index (χ1n) is 6.10. The van der Waals surface area contributed by atoms with Gasteiger partial charge in [-0.3, -0.25) is 0 Å². The standard InChI is InChI=1S/C14H22ClN/c1-4-11(2)10-16-12(3)9-13-7-5-6-8-14(13)15/h5-8,11-12,16H,4,9-10H2,1-3H3. The van der Waals surface area contributed by atoms with Gasteiger partial charge in [0.1, 0.15) is 0 Å².